The maximum atomic E-state index is 12.8. The van der Waals surface area contributed by atoms with Crippen molar-refractivity contribution in [2.75, 3.05) is 18.4 Å². The highest BCUT2D eigenvalue weighted by molar-refractivity contribution is 7.15. The number of aromatic nitrogens is 2. The number of rotatable bonds is 3. The number of carbonyl (C=O) groups excluding carboxylic acids is 1. The van der Waals surface area contributed by atoms with E-state index in [0.717, 1.165) is 42.5 Å². The molecule has 0 unspecified atom stereocenters. The molecule has 0 radical (unpaired) electrons. The number of hydrogen-bond donors (Lipinski definition) is 2. The summed E-state index contributed by atoms with van der Waals surface area (Å²) in [5.41, 5.74) is 2.31. The van der Waals surface area contributed by atoms with Crippen LogP contribution in [0.1, 0.15) is 39.7 Å². The van der Waals surface area contributed by atoms with Crippen LogP contribution in [-0.4, -0.2) is 29.0 Å². The molecule has 1 amide bonds. The molecule has 1 fully saturated rings. The average Bonchev–Trinajstić information content (AvgIpc) is 3.10. The molecule has 5 nitrogen and oxygen atoms in total. The van der Waals surface area contributed by atoms with Gasteiger partial charge in [-0.1, -0.05) is 18.2 Å². The Hall–Kier alpha value is -2.02. The predicted molar refractivity (Wildman–Crippen MR) is 109 cm³/mol. The van der Waals surface area contributed by atoms with Crippen molar-refractivity contribution < 1.29 is 4.79 Å². The number of anilines is 1. The zero-order valence-electron chi connectivity index (χ0n) is 14.5. The quantitative estimate of drug-likeness (QED) is 0.707. The smallest absolute Gasteiger partial charge is 0.258 e. The number of hydrogen-bond acceptors (Lipinski definition) is 5. The predicted octanol–water partition coefficient (Wildman–Crippen LogP) is 4.14. The molecule has 4 rings (SSSR count). The van der Waals surface area contributed by atoms with E-state index < -0.39 is 0 Å². The van der Waals surface area contributed by atoms with Gasteiger partial charge in [-0.2, -0.15) is 0 Å². The number of nitrogens with one attached hydrogen (secondary N) is 2. The number of amides is 1. The third-order valence-corrected chi connectivity index (χ3v) is 5.65. The fourth-order valence-electron chi connectivity index (χ4n) is 3.30. The molecule has 3 heterocycles. The lowest BCUT2D eigenvalue weighted by molar-refractivity contribution is 0.102. The topological polar surface area (TPSA) is 66.9 Å². The summed E-state index contributed by atoms with van der Waals surface area (Å²) in [5.74, 6) is 0.418. The summed E-state index contributed by atoms with van der Waals surface area (Å²) in [6.07, 6.45) is 4.17. The minimum Gasteiger partial charge on any atom is -0.317 e. The third-order valence-electron chi connectivity index (χ3n) is 4.57. The fraction of sp³-hybridized carbons (Fsp3) is 0.316. The number of benzene rings is 1. The molecule has 2 aromatic heterocycles. The van der Waals surface area contributed by atoms with E-state index in [0.29, 0.717) is 16.6 Å². The molecule has 1 aliphatic rings. The maximum Gasteiger partial charge on any atom is 0.258 e. The molecule has 26 heavy (non-hydrogen) atoms. The largest absolute Gasteiger partial charge is 0.317 e. The normalized spacial score (nSPS) is 14.8. The number of pyridine rings is 1. The van der Waals surface area contributed by atoms with E-state index in [1.54, 1.807) is 11.3 Å². The van der Waals surface area contributed by atoms with E-state index in [2.05, 4.69) is 20.6 Å². The number of halogens is 1. The summed E-state index contributed by atoms with van der Waals surface area (Å²) in [6, 6.07) is 9.55. The first-order valence-electron chi connectivity index (χ1n) is 8.55. The van der Waals surface area contributed by atoms with E-state index in [9.17, 15) is 4.79 Å². The minimum atomic E-state index is -0.132. The lowest BCUT2D eigenvalue weighted by Crippen LogP contribution is -2.26. The highest BCUT2D eigenvalue weighted by atomic mass is 35.5. The van der Waals surface area contributed by atoms with Gasteiger partial charge in [0.25, 0.3) is 5.91 Å². The lowest BCUT2D eigenvalue weighted by Gasteiger charge is -2.20. The number of para-hydroxylation sites is 1. The molecule has 1 aliphatic heterocycles. The molecule has 1 aromatic carbocycles. The Kier molecular flexibility index (Phi) is 5.86. The molecule has 0 atom stereocenters. The first-order chi connectivity index (χ1) is 12.2. The van der Waals surface area contributed by atoms with Gasteiger partial charge in [-0.25, -0.2) is 4.98 Å². The van der Waals surface area contributed by atoms with Gasteiger partial charge in [0, 0.05) is 22.2 Å². The van der Waals surface area contributed by atoms with Gasteiger partial charge in [0.1, 0.15) is 0 Å². The Labute approximate surface area is 162 Å². The Morgan fingerprint density at radius 2 is 2.04 bits per heavy atom. The van der Waals surface area contributed by atoms with E-state index in [4.69, 9.17) is 0 Å². The lowest BCUT2D eigenvalue weighted by atomic mass is 9.97. The van der Waals surface area contributed by atoms with Crippen LogP contribution >= 0.6 is 23.7 Å². The van der Waals surface area contributed by atoms with Crippen molar-refractivity contribution in [3.8, 4) is 0 Å². The van der Waals surface area contributed by atoms with Crippen LogP contribution in [0.2, 0.25) is 0 Å². The maximum absolute atomic E-state index is 12.8. The summed E-state index contributed by atoms with van der Waals surface area (Å²) in [6.45, 7) is 4.00. The van der Waals surface area contributed by atoms with E-state index >= 15 is 0 Å². The van der Waals surface area contributed by atoms with Crippen LogP contribution in [0, 0.1) is 6.92 Å². The van der Waals surface area contributed by atoms with Crippen molar-refractivity contribution in [1.29, 1.82) is 0 Å². The number of nitrogens with zero attached hydrogens (tertiary/aromatic N) is 2. The van der Waals surface area contributed by atoms with Crippen molar-refractivity contribution in [2.45, 2.75) is 25.7 Å². The summed E-state index contributed by atoms with van der Waals surface area (Å²) in [4.78, 5) is 22.9. The molecule has 136 valence electrons. The van der Waals surface area contributed by atoms with Crippen LogP contribution in [-0.2, 0) is 0 Å². The zero-order valence-corrected chi connectivity index (χ0v) is 16.1. The molecule has 0 aliphatic carbocycles. The first-order valence-corrected chi connectivity index (χ1v) is 9.36. The number of thiazole rings is 1. The number of piperidine rings is 1. The Morgan fingerprint density at radius 1 is 1.27 bits per heavy atom. The van der Waals surface area contributed by atoms with Gasteiger partial charge >= 0.3 is 0 Å². The van der Waals surface area contributed by atoms with E-state index in [1.165, 1.54) is 4.88 Å². The SMILES string of the molecule is Cc1cc(C(=O)Nc2ncc(C3CCNCC3)s2)c2ccccc2n1.Cl. The number of aryl methyl sites for hydroxylation is 1. The second-order valence-electron chi connectivity index (χ2n) is 6.37. The van der Waals surface area contributed by atoms with Gasteiger partial charge < -0.3 is 5.32 Å². The average molecular weight is 389 g/mol. The minimum absolute atomic E-state index is 0. The number of fused-ring (bicyclic) bond motifs is 1. The first kappa shape index (κ1) is 18.8. The van der Waals surface area contributed by atoms with Crippen LogP contribution in [0.3, 0.4) is 0 Å². The third kappa shape index (κ3) is 3.87. The van der Waals surface area contributed by atoms with Crippen molar-refractivity contribution in [1.82, 2.24) is 15.3 Å². The molecular weight excluding hydrogens is 368 g/mol. The van der Waals surface area contributed by atoms with Gasteiger partial charge in [0.15, 0.2) is 5.13 Å². The van der Waals surface area contributed by atoms with E-state index in [1.807, 2.05) is 43.5 Å². The summed E-state index contributed by atoms with van der Waals surface area (Å²) in [5, 5.41) is 7.86. The molecule has 2 N–H and O–H groups in total. The molecule has 0 spiro atoms. The van der Waals surface area contributed by atoms with Gasteiger partial charge in [-0.05, 0) is 50.9 Å². The summed E-state index contributed by atoms with van der Waals surface area (Å²) < 4.78 is 0. The highest BCUT2D eigenvalue weighted by Gasteiger charge is 2.19. The van der Waals surface area contributed by atoms with Crippen molar-refractivity contribution in [2.24, 2.45) is 0 Å². The Balaban J connectivity index is 0.00000196. The molecule has 0 saturated carbocycles. The monoisotopic (exact) mass is 388 g/mol. The van der Waals surface area contributed by atoms with Crippen LogP contribution in [0.25, 0.3) is 10.9 Å². The van der Waals surface area contributed by atoms with Gasteiger partial charge in [0.05, 0.1) is 11.1 Å². The van der Waals surface area contributed by atoms with E-state index in [-0.39, 0.29) is 18.3 Å². The van der Waals surface area contributed by atoms with Crippen molar-refractivity contribution in [3.63, 3.8) is 0 Å². The van der Waals surface area contributed by atoms with Crippen molar-refractivity contribution in [3.05, 3.63) is 52.7 Å². The molecule has 3 aromatic rings. The zero-order chi connectivity index (χ0) is 17.2. The fourth-order valence-corrected chi connectivity index (χ4v) is 4.28. The Morgan fingerprint density at radius 3 is 2.85 bits per heavy atom. The Bertz CT molecular complexity index is 921. The number of carbonyl (C=O) groups is 1. The second kappa shape index (κ2) is 8.12. The molecular formula is C19H21ClN4OS. The molecule has 1 saturated heterocycles. The van der Waals surface area contributed by atoms with Gasteiger partial charge in [-0.3, -0.25) is 15.1 Å². The van der Waals surface area contributed by atoms with Crippen LogP contribution in [0.5, 0.6) is 0 Å². The van der Waals surface area contributed by atoms with Gasteiger partial charge in [0.2, 0.25) is 0 Å². The summed E-state index contributed by atoms with van der Waals surface area (Å²) >= 11 is 1.59. The van der Waals surface area contributed by atoms with Crippen LogP contribution < -0.4 is 10.6 Å². The highest BCUT2D eigenvalue weighted by Crippen LogP contribution is 2.32. The standard InChI is InChI=1S/C19H20N4OS.ClH/c1-12-10-15(14-4-2-3-5-16(14)22-12)18(24)23-19-21-11-17(25-19)13-6-8-20-9-7-13;/h2-5,10-11,13,20H,6-9H2,1H3,(H,21,23,24);1H. The van der Waals surface area contributed by atoms with Crippen LogP contribution in [0.15, 0.2) is 36.5 Å². The van der Waals surface area contributed by atoms with Crippen LogP contribution in [0.4, 0.5) is 5.13 Å². The second-order valence-corrected chi connectivity index (χ2v) is 7.44. The molecule has 0 bridgehead atoms. The summed E-state index contributed by atoms with van der Waals surface area (Å²) in [7, 11) is 0. The van der Waals surface area contributed by atoms with Gasteiger partial charge in [-0.15, -0.1) is 23.7 Å². The van der Waals surface area contributed by atoms with Crippen molar-refractivity contribution >= 4 is 45.7 Å². The molecule has 7 heteroatoms.